The molecule has 104 valence electrons. The molecule has 0 heterocycles. The quantitative estimate of drug-likeness (QED) is 0.846. The van der Waals surface area contributed by atoms with Crippen molar-refractivity contribution in [3.63, 3.8) is 0 Å². The lowest BCUT2D eigenvalue weighted by atomic mass is 10.0. The fourth-order valence-corrected chi connectivity index (χ4v) is 1.43. The molecule has 1 aromatic carbocycles. The Morgan fingerprint density at radius 2 is 1.84 bits per heavy atom. The van der Waals surface area contributed by atoms with Gasteiger partial charge in [0.15, 0.2) is 6.61 Å². The second-order valence-electron chi connectivity index (χ2n) is 4.87. The lowest BCUT2D eigenvalue weighted by Crippen LogP contribution is -2.44. The van der Waals surface area contributed by atoms with Gasteiger partial charge < -0.3 is 10.1 Å². The monoisotopic (exact) mass is 283 g/mol. The Bertz CT molecular complexity index is 454. The first kappa shape index (κ1) is 15.5. The van der Waals surface area contributed by atoms with Crippen molar-refractivity contribution < 1.29 is 14.3 Å². The number of nitrogens with one attached hydrogen (secondary N) is 1. The lowest BCUT2D eigenvalue weighted by Gasteiger charge is -2.24. The van der Waals surface area contributed by atoms with Crippen LogP contribution in [0.3, 0.4) is 0 Å². The number of halogens is 1. The Balaban J connectivity index is 2.46. The van der Waals surface area contributed by atoms with Gasteiger partial charge in [0, 0.05) is 10.6 Å². The van der Waals surface area contributed by atoms with Gasteiger partial charge in [0.25, 0.3) is 5.91 Å². The highest BCUT2D eigenvalue weighted by Gasteiger charge is 2.18. The third-order valence-corrected chi connectivity index (χ3v) is 3.03. The molecule has 0 fully saturated rings. The Morgan fingerprint density at radius 3 is 2.37 bits per heavy atom. The second kappa shape index (κ2) is 6.57. The molecule has 0 aliphatic carbocycles. The van der Waals surface area contributed by atoms with Crippen molar-refractivity contribution in [2.24, 2.45) is 0 Å². The molecule has 0 saturated carbocycles. The SMILES string of the molecule is CCC(C)(C)NC(=O)COC(=O)c1ccc(Cl)cc1. The first-order valence-corrected chi connectivity index (χ1v) is 6.45. The van der Waals surface area contributed by atoms with Crippen LogP contribution in [0.4, 0.5) is 0 Å². The van der Waals surface area contributed by atoms with E-state index in [2.05, 4.69) is 5.32 Å². The van der Waals surface area contributed by atoms with Crippen molar-refractivity contribution in [3.8, 4) is 0 Å². The van der Waals surface area contributed by atoms with E-state index in [0.717, 1.165) is 6.42 Å². The number of benzene rings is 1. The highest BCUT2D eigenvalue weighted by molar-refractivity contribution is 6.30. The standard InChI is InChI=1S/C14H18ClNO3/c1-4-14(2,3)16-12(17)9-19-13(18)10-5-7-11(15)8-6-10/h5-8H,4,9H2,1-3H3,(H,16,17). The molecular formula is C14H18ClNO3. The average molecular weight is 284 g/mol. The molecule has 0 spiro atoms. The maximum Gasteiger partial charge on any atom is 0.338 e. The first-order valence-electron chi connectivity index (χ1n) is 6.08. The van der Waals surface area contributed by atoms with Crippen LogP contribution in [0.2, 0.25) is 5.02 Å². The number of esters is 1. The van der Waals surface area contributed by atoms with E-state index < -0.39 is 5.97 Å². The van der Waals surface area contributed by atoms with Gasteiger partial charge in [0.05, 0.1) is 5.56 Å². The van der Waals surface area contributed by atoms with Gasteiger partial charge in [-0.15, -0.1) is 0 Å². The van der Waals surface area contributed by atoms with E-state index in [4.69, 9.17) is 16.3 Å². The van der Waals surface area contributed by atoms with E-state index in [1.807, 2.05) is 20.8 Å². The number of ether oxygens (including phenoxy) is 1. The molecule has 1 rings (SSSR count). The Hall–Kier alpha value is -1.55. The molecule has 5 heteroatoms. The topological polar surface area (TPSA) is 55.4 Å². The molecule has 0 atom stereocenters. The summed E-state index contributed by atoms with van der Waals surface area (Å²) in [6.45, 7) is 5.50. The number of hydrogen-bond acceptors (Lipinski definition) is 3. The zero-order valence-corrected chi connectivity index (χ0v) is 12.1. The zero-order chi connectivity index (χ0) is 14.5. The van der Waals surface area contributed by atoms with Crippen LogP contribution in [0.1, 0.15) is 37.6 Å². The van der Waals surface area contributed by atoms with Gasteiger partial charge in [-0.3, -0.25) is 4.79 Å². The third-order valence-electron chi connectivity index (χ3n) is 2.78. The van der Waals surface area contributed by atoms with Gasteiger partial charge in [0.2, 0.25) is 0 Å². The molecule has 1 amide bonds. The van der Waals surface area contributed by atoms with Crippen molar-refractivity contribution >= 4 is 23.5 Å². The molecule has 0 saturated heterocycles. The number of rotatable bonds is 5. The molecular weight excluding hydrogens is 266 g/mol. The largest absolute Gasteiger partial charge is 0.452 e. The van der Waals surface area contributed by atoms with Gasteiger partial charge in [-0.25, -0.2) is 4.79 Å². The molecule has 1 aromatic rings. The zero-order valence-electron chi connectivity index (χ0n) is 11.3. The van der Waals surface area contributed by atoms with E-state index in [9.17, 15) is 9.59 Å². The van der Waals surface area contributed by atoms with Gasteiger partial charge >= 0.3 is 5.97 Å². The summed E-state index contributed by atoms with van der Waals surface area (Å²) in [7, 11) is 0. The summed E-state index contributed by atoms with van der Waals surface area (Å²) in [6, 6.07) is 6.30. The van der Waals surface area contributed by atoms with Crippen LogP contribution in [0, 0.1) is 0 Å². The third kappa shape index (κ3) is 5.30. The number of carbonyl (C=O) groups excluding carboxylic acids is 2. The number of hydrogen-bond donors (Lipinski definition) is 1. The van der Waals surface area contributed by atoms with Crippen molar-refractivity contribution in [2.75, 3.05) is 6.61 Å². The highest BCUT2D eigenvalue weighted by Crippen LogP contribution is 2.10. The van der Waals surface area contributed by atoms with Gasteiger partial charge in [-0.2, -0.15) is 0 Å². The predicted octanol–water partition coefficient (Wildman–Crippen LogP) is 2.80. The van der Waals surface area contributed by atoms with Crippen LogP contribution < -0.4 is 5.32 Å². The molecule has 4 nitrogen and oxygen atoms in total. The molecule has 0 aromatic heterocycles. The van der Waals surface area contributed by atoms with E-state index in [1.54, 1.807) is 24.3 Å². The van der Waals surface area contributed by atoms with E-state index in [0.29, 0.717) is 10.6 Å². The van der Waals surface area contributed by atoms with Gasteiger partial charge in [-0.05, 0) is 44.5 Å². The summed E-state index contributed by atoms with van der Waals surface area (Å²) in [4.78, 5) is 23.2. The van der Waals surface area contributed by atoms with Crippen LogP contribution in [0.25, 0.3) is 0 Å². The molecule has 0 aliphatic rings. The summed E-state index contributed by atoms with van der Waals surface area (Å²) >= 11 is 5.72. The Kier molecular flexibility index (Phi) is 5.36. The molecule has 19 heavy (non-hydrogen) atoms. The van der Waals surface area contributed by atoms with Crippen molar-refractivity contribution in [1.82, 2.24) is 5.32 Å². The van der Waals surface area contributed by atoms with E-state index >= 15 is 0 Å². The maximum absolute atomic E-state index is 11.7. The Morgan fingerprint density at radius 1 is 1.26 bits per heavy atom. The van der Waals surface area contributed by atoms with Crippen molar-refractivity contribution in [2.45, 2.75) is 32.7 Å². The van der Waals surface area contributed by atoms with Crippen molar-refractivity contribution in [3.05, 3.63) is 34.9 Å². The molecule has 0 aliphatic heterocycles. The minimum atomic E-state index is -0.541. The minimum absolute atomic E-state index is 0.287. The normalized spacial score (nSPS) is 10.9. The van der Waals surface area contributed by atoms with Crippen LogP contribution in [0.15, 0.2) is 24.3 Å². The van der Waals surface area contributed by atoms with Crippen LogP contribution >= 0.6 is 11.6 Å². The lowest BCUT2D eigenvalue weighted by molar-refractivity contribution is -0.125. The van der Waals surface area contributed by atoms with Crippen LogP contribution in [-0.4, -0.2) is 24.0 Å². The van der Waals surface area contributed by atoms with Crippen molar-refractivity contribution in [1.29, 1.82) is 0 Å². The average Bonchev–Trinajstić information content (AvgIpc) is 2.36. The Labute approximate surface area is 118 Å². The number of carbonyl (C=O) groups is 2. The molecule has 0 bridgehead atoms. The number of amides is 1. The van der Waals surface area contributed by atoms with E-state index in [-0.39, 0.29) is 18.1 Å². The second-order valence-corrected chi connectivity index (χ2v) is 5.31. The molecule has 1 N–H and O–H groups in total. The van der Waals surface area contributed by atoms with E-state index in [1.165, 1.54) is 0 Å². The highest BCUT2D eigenvalue weighted by atomic mass is 35.5. The van der Waals surface area contributed by atoms with Crippen LogP contribution in [0.5, 0.6) is 0 Å². The minimum Gasteiger partial charge on any atom is -0.452 e. The first-order chi connectivity index (χ1) is 8.84. The van der Waals surface area contributed by atoms with Gasteiger partial charge in [-0.1, -0.05) is 18.5 Å². The summed E-state index contributed by atoms with van der Waals surface area (Å²) in [5, 5.41) is 3.33. The fourth-order valence-electron chi connectivity index (χ4n) is 1.30. The molecule has 0 unspecified atom stereocenters. The summed E-state index contributed by atoms with van der Waals surface area (Å²) in [5.41, 5.74) is 0.0657. The van der Waals surface area contributed by atoms with Crippen LogP contribution in [-0.2, 0) is 9.53 Å². The fraction of sp³-hybridized carbons (Fsp3) is 0.429. The smallest absolute Gasteiger partial charge is 0.338 e. The summed E-state index contributed by atoms with van der Waals surface area (Å²) < 4.78 is 4.93. The molecule has 0 radical (unpaired) electrons. The van der Waals surface area contributed by atoms with Gasteiger partial charge in [0.1, 0.15) is 0 Å². The summed E-state index contributed by atoms with van der Waals surface area (Å²) in [5.74, 6) is -0.852. The summed E-state index contributed by atoms with van der Waals surface area (Å²) in [6.07, 6.45) is 0.796. The maximum atomic E-state index is 11.7. The predicted molar refractivity (Wildman–Crippen MR) is 74.2 cm³/mol.